The lowest BCUT2D eigenvalue weighted by Crippen LogP contribution is -2.20. The van der Waals surface area contributed by atoms with E-state index in [1.165, 1.54) is 77.0 Å². The average molecular weight is 357 g/mol. The van der Waals surface area contributed by atoms with Crippen molar-refractivity contribution in [3.05, 3.63) is 24.3 Å². The van der Waals surface area contributed by atoms with Gasteiger partial charge in [-0.15, -0.1) is 0 Å². The van der Waals surface area contributed by atoms with Crippen LogP contribution in [-0.2, 0) is 4.74 Å². The summed E-state index contributed by atoms with van der Waals surface area (Å²) in [5, 5.41) is 0. The smallest absolute Gasteiger partial charge is 0.0575 e. The summed E-state index contributed by atoms with van der Waals surface area (Å²) in [5.74, 6) is 8.88. The van der Waals surface area contributed by atoms with E-state index in [1.54, 1.807) is 0 Å². The average Bonchev–Trinajstić information content (AvgIpc) is 2.67. The number of ether oxygens (including phenoxy) is 1. The Hall–Kier alpha value is -1.00. The molecule has 0 bridgehead atoms. The fourth-order valence-corrected chi connectivity index (χ4v) is 4.50. The number of allylic oxidation sites excluding steroid dienone is 4. The van der Waals surface area contributed by atoms with Crippen molar-refractivity contribution < 1.29 is 4.74 Å². The van der Waals surface area contributed by atoms with Crippen LogP contribution in [0.5, 0.6) is 0 Å². The summed E-state index contributed by atoms with van der Waals surface area (Å²) in [7, 11) is 0. The van der Waals surface area contributed by atoms with Gasteiger partial charge in [0.1, 0.15) is 0 Å². The zero-order valence-corrected chi connectivity index (χ0v) is 17.2. The van der Waals surface area contributed by atoms with Gasteiger partial charge in [0.2, 0.25) is 0 Å². The van der Waals surface area contributed by atoms with Gasteiger partial charge in [-0.25, -0.2) is 0 Å². The first-order valence-electron chi connectivity index (χ1n) is 11.3. The highest BCUT2D eigenvalue weighted by Crippen LogP contribution is 2.32. The van der Waals surface area contributed by atoms with Crippen LogP contribution in [0.1, 0.15) is 90.9 Å². The molecule has 0 aromatic rings. The summed E-state index contributed by atoms with van der Waals surface area (Å²) in [6, 6.07) is 0. The van der Waals surface area contributed by atoms with Crippen molar-refractivity contribution in [3.63, 3.8) is 0 Å². The van der Waals surface area contributed by atoms with Gasteiger partial charge in [0.25, 0.3) is 0 Å². The number of rotatable bonds is 8. The zero-order valence-electron chi connectivity index (χ0n) is 17.2. The Morgan fingerprint density at radius 1 is 0.769 bits per heavy atom. The van der Waals surface area contributed by atoms with Crippen LogP contribution in [-0.4, -0.2) is 12.7 Å². The molecule has 0 N–H and O–H groups in total. The quantitative estimate of drug-likeness (QED) is 0.333. The van der Waals surface area contributed by atoms with Gasteiger partial charge in [0, 0.05) is 6.61 Å². The molecule has 1 heteroatoms. The molecule has 2 fully saturated rings. The van der Waals surface area contributed by atoms with E-state index in [2.05, 4.69) is 50.0 Å². The van der Waals surface area contributed by atoms with Gasteiger partial charge in [-0.2, -0.15) is 0 Å². The van der Waals surface area contributed by atoms with Crippen molar-refractivity contribution in [1.29, 1.82) is 0 Å². The zero-order chi connectivity index (χ0) is 18.5. The molecule has 0 amide bonds. The summed E-state index contributed by atoms with van der Waals surface area (Å²) in [6.07, 6.45) is 25.5. The van der Waals surface area contributed by atoms with E-state index in [1.807, 2.05) is 0 Å². The van der Waals surface area contributed by atoms with Crippen LogP contribution in [0, 0.1) is 29.6 Å². The topological polar surface area (TPSA) is 9.23 Å². The molecule has 0 spiro atoms. The van der Waals surface area contributed by atoms with E-state index in [-0.39, 0.29) is 0 Å². The summed E-state index contributed by atoms with van der Waals surface area (Å²) < 4.78 is 5.72. The summed E-state index contributed by atoms with van der Waals surface area (Å²) in [4.78, 5) is 0. The van der Waals surface area contributed by atoms with Gasteiger partial charge in [-0.05, 0) is 88.2 Å². The van der Waals surface area contributed by atoms with Crippen LogP contribution in [0.3, 0.4) is 0 Å². The molecular weight excluding hydrogens is 316 g/mol. The monoisotopic (exact) mass is 356 g/mol. The number of hydrogen-bond acceptors (Lipinski definition) is 1. The molecule has 0 aliphatic heterocycles. The Kier molecular flexibility index (Phi) is 10.8. The Balaban J connectivity index is 1.58. The number of unbranched alkanes of at least 4 members (excludes halogenated alkanes) is 2. The van der Waals surface area contributed by atoms with Crippen LogP contribution >= 0.6 is 0 Å². The first kappa shape index (κ1) is 21.3. The lowest BCUT2D eigenvalue weighted by Gasteiger charge is -2.26. The van der Waals surface area contributed by atoms with E-state index in [9.17, 15) is 0 Å². The van der Waals surface area contributed by atoms with Gasteiger partial charge in [-0.1, -0.05) is 56.6 Å². The Morgan fingerprint density at radius 2 is 1.35 bits per heavy atom. The van der Waals surface area contributed by atoms with Crippen molar-refractivity contribution in [2.45, 2.75) is 97.0 Å². The third kappa shape index (κ3) is 8.59. The predicted octanol–water partition coefficient (Wildman–Crippen LogP) is 7.08. The van der Waals surface area contributed by atoms with E-state index < -0.39 is 0 Å². The fourth-order valence-electron chi connectivity index (χ4n) is 4.50. The first-order chi connectivity index (χ1) is 12.8. The molecule has 0 atom stereocenters. The minimum Gasteiger partial charge on any atom is -0.379 e. The molecule has 0 heterocycles. The summed E-state index contributed by atoms with van der Waals surface area (Å²) >= 11 is 0. The number of hydrogen-bond donors (Lipinski definition) is 0. The SMILES string of the molecule is CCCCC[C@H]1CC[C@H](C=CC#CC=C[C@H]2CC[C@H](OCC)CC2)CC1. The molecule has 1 nitrogen and oxygen atoms in total. The Bertz CT molecular complexity index is 462. The highest BCUT2D eigenvalue weighted by Gasteiger charge is 2.19. The lowest BCUT2D eigenvalue weighted by molar-refractivity contribution is 0.0302. The molecular formula is C25H40O. The van der Waals surface area contributed by atoms with E-state index in [0.717, 1.165) is 18.4 Å². The maximum absolute atomic E-state index is 5.72. The molecule has 26 heavy (non-hydrogen) atoms. The summed E-state index contributed by atoms with van der Waals surface area (Å²) in [6.45, 7) is 5.24. The van der Waals surface area contributed by atoms with Gasteiger partial charge < -0.3 is 4.74 Å². The molecule has 0 radical (unpaired) electrons. The minimum atomic E-state index is 0.500. The Morgan fingerprint density at radius 3 is 1.88 bits per heavy atom. The van der Waals surface area contributed by atoms with Gasteiger partial charge in [0.05, 0.1) is 6.10 Å². The normalized spacial score (nSPS) is 29.8. The molecule has 0 aromatic heterocycles. The van der Waals surface area contributed by atoms with Crippen LogP contribution < -0.4 is 0 Å². The van der Waals surface area contributed by atoms with Crippen LogP contribution in [0.25, 0.3) is 0 Å². The van der Waals surface area contributed by atoms with Gasteiger partial charge >= 0.3 is 0 Å². The second-order valence-electron chi connectivity index (χ2n) is 8.28. The van der Waals surface area contributed by atoms with Crippen molar-refractivity contribution in [2.75, 3.05) is 6.61 Å². The Labute approximate surface area is 162 Å². The van der Waals surface area contributed by atoms with Gasteiger partial charge in [-0.3, -0.25) is 0 Å². The lowest BCUT2D eigenvalue weighted by atomic mass is 9.79. The maximum Gasteiger partial charge on any atom is 0.0575 e. The van der Waals surface area contributed by atoms with E-state index >= 15 is 0 Å². The maximum atomic E-state index is 5.72. The fraction of sp³-hybridized carbons (Fsp3) is 0.760. The molecule has 2 rings (SSSR count). The van der Waals surface area contributed by atoms with Gasteiger partial charge in [0.15, 0.2) is 0 Å². The van der Waals surface area contributed by atoms with Crippen LogP contribution in [0.15, 0.2) is 24.3 Å². The second kappa shape index (κ2) is 13.2. The largest absolute Gasteiger partial charge is 0.379 e. The van der Waals surface area contributed by atoms with E-state index in [4.69, 9.17) is 4.74 Å². The van der Waals surface area contributed by atoms with Crippen LogP contribution in [0.4, 0.5) is 0 Å². The van der Waals surface area contributed by atoms with E-state index in [0.29, 0.717) is 12.0 Å². The highest BCUT2D eigenvalue weighted by molar-refractivity contribution is 5.24. The third-order valence-electron chi connectivity index (χ3n) is 6.22. The first-order valence-corrected chi connectivity index (χ1v) is 11.3. The van der Waals surface area contributed by atoms with Crippen molar-refractivity contribution in [1.82, 2.24) is 0 Å². The summed E-state index contributed by atoms with van der Waals surface area (Å²) in [5.41, 5.74) is 0. The predicted molar refractivity (Wildman–Crippen MR) is 113 cm³/mol. The molecule has 2 aliphatic rings. The molecule has 146 valence electrons. The van der Waals surface area contributed by atoms with Crippen molar-refractivity contribution in [2.24, 2.45) is 17.8 Å². The molecule has 2 aliphatic carbocycles. The molecule has 0 saturated heterocycles. The standard InChI is InChI=1S/C25H40O/c1-3-5-8-11-22-14-16-23(17-15-22)12-9-6-7-10-13-24-18-20-25(21-19-24)26-4-2/h9-10,12-13,22-25H,3-5,8,11,14-21H2,1-2H3/t22-,23-,24-,25-. The molecule has 0 aromatic carbocycles. The molecule has 0 unspecified atom stereocenters. The third-order valence-corrected chi connectivity index (χ3v) is 6.22. The molecule has 2 saturated carbocycles. The minimum absolute atomic E-state index is 0.500. The highest BCUT2D eigenvalue weighted by atomic mass is 16.5. The van der Waals surface area contributed by atoms with Crippen molar-refractivity contribution >= 4 is 0 Å². The van der Waals surface area contributed by atoms with Crippen LogP contribution in [0.2, 0.25) is 0 Å². The van der Waals surface area contributed by atoms with Crippen molar-refractivity contribution in [3.8, 4) is 11.8 Å². The second-order valence-corrected chi connectivity index (χ2v) is 8.28.